The maximum Gasteiger partial charge on any atom is 0.126 e. The lowest BCUT2D eigenvalue weighted by Crippen LogP contribution is -2.23. The van der Waals surface area contributed by atoms with Gasteiger partial charge in [-0.25, -0.2) is 0 Å². The Balaban J connectivity index is 1.94. The molecule has 0 aliphatic carbocycles. The fourth-order valence-corrected chi connectivity index (χ4v) is 3.57. The van der Waals surface area contributed by atoms with Gasteiger partial charge >= 0.3 is 0 Å². The summed E-state index contributed by atoms with van der Waals surface area (Å²) in [5, 5.41) is 2.80. The maximum absolute atomic E-state index is 6.20. The van der Waals surface area contributed by atoms with E-state index in [-0.39, 0.29) is 12.1 Å². The van der Waals surface area contributed by atoms with Crippen LogP contribution in [-0.4, -0.2) is 0 Å². The highest BCUT2D eigenvalue weighted by Gasteiger charge is 2.27. The van der Waals surface area contributed by atoms with Gasteiger partial charge in [0.25, 0.3) is 0 Å². The van der Waals surface area contributed by atoms with E-state index in [1.807, 2.05) is 18.2 Å². The number of hydrogen-bond acceptors (Lipinski definition) is 3. The van der Waals surface area contributed by atoms with E-state index in [0.717, 1.165) is 21.5 Å². The second-order valence-corrected chi connectivity index (χ2v) is 7.04. The average molecular weight is 345 g/mol. The van der Waals surface area contributed by atoms with Gasteiger partial charge in [0.2, 0.25) is 0 Å². The van der Waals surface area contributed by atoms with E-state index in [0.29, 0.717) is 5.02 Å². The third kappa shape index (κ3) is 2.30. The van der Waals surface area contributed by atoms with E-state index in [2.05, 4.69) is 27.4 Å². The third-order valence-electron chi connectivity index (χ3n) is 3.07. The summed E-state index contributed by atoms with van der Waals surface area (Å²) in [6.07, 6.45) is 0.799. The molecule has 0 bridgehead atoms. The van der Waals surface area contributed by atoms with E-state index < -0.39 is 0 Å². The minimum Gasteiger partial charge on any atom is -0.485 e. The average Bonchev–Trinajstić information content (AvgIpc) is 2.77. The Morgan fingerprint density at radius 3 is 2.94 bits per heavy atom. The molecule has 0 spiro atoms. The number of nitrogens with two attached hydrogens (primary N) is 1. The zero-order valence-corrected chi connectivity index (χ0v) is 12.6. The zero-order valence-electron chi connectivity index (χ0n) is 9.40. The van der Waals surface area contributed by atoms with Gasteiger partial charge in [0.15, 0.2) is 0 Å². The van der Waals surface area contributed by atoms with Crippen LogP contribution in [0.25, 0.3) is 0 Å². The number of hydrogen-bond donors (Lipinski definition) is 1. The highest BCUT2D eigenvalue weighted by atomic mass is 79.9. The van der Waals surface area contributed by atoms with Gasteiger partial charge < -0.3 is 10.5 Å². The van der Waals surface area contributed by atoms with Crippen LogP contribution >= 0.6 is 38.9 Å². The van der Waals surface area contributed by atoms with Crippen LogP contribution in [0.5, 0.6) is 5.75 Å². The van der Waals surface area contributed by atoms with Crippen molar-refractivity contribution < 1.29 is 4.74 Å². The molecule has 1 aromatic heterocycles. The lowest BCUT2D eigenvalue weighted by atomic mass is 9.95. The molecule has 0 amide bonds. The molecule has 2 aromatic rings. The molecule has 1 aliphatic heterocycles. The zero-order chi connectivity index (χ0) is 12.7. The second kappa shape index (κ2) is 4.85. The molecule has 2 atom stereocenters. The van der Waals surface area contributed by atoms with Crippen LogP contribution in [0.2, 0.25) is 5.02 Å². The lowest BCUT2D eigenvalue weighted by molar-refractivity contribution is 0.162. The standard InChI is InChI=1S/C13H11BrClNOS/c14-13-3-7(6-18-13)12-5-10(16)9-4-8(15)1-2-11(9)17-12/h1-4,6,10,12H,5,16H2. The Kier molecular flexibility index (Phi) is 3.36. The van der Waals surface area contributed by atoms with Crippen molar-refractivity contribution in [2.24, 2.45) is 5.73 Å². The highest BCUT2D eigenvalue weighted by Crippen LogP contribution is 2.41. The molecule has 0 saturated carbocycles. The fraction of sp³-hybridized carbons (Fsp3) is 0.231. The largest absolute Gasteiger partial charge is 0.485 e. The predicted octanol–water partition coefficient (Wildman–Crippen LogP) is 4.69. The van der Waals surface area contributed by atoms with Gasteiger partial charge in [0.05, 0.1) is 3.79 Å². The summed E-state index contributed by atoms with van der Waals surface area (Å²) in [7, 11) is 0. The first-order valence-corrected chi connectivity index (χ1v) is 7.64. The Morgan fingerprint density at radius 2 is 2.22 bits per heavy atom. The Bertz CT molecular complexity index is 586. The molecule has 0 fully saturated rings. The molecular weight excluding hydrogens is 334 g/mol. The monoisotopic (exact) mass is 343 g/mol. The second-order valence-electron chi connectivity index (χ2n) is 4.31. The van der Waals surface area contributed by atoms with E-state index in [1.165, 1.54) is 5.56 Å². The Hall–Kier alpha value is -0.550. The molecule has 5 heteroatoms. The number of rotatable bonds is 1. The van der Waals surface area contributed by atoms with Gasteiger partial charge in [0, 0.05) is 28.6 Å². The van der Waals surface area contributed by atoms with Crippen LogP contribution in [0, 0.1) is 0 Å². The quantitative estimate of drug-likeness (QED) is 0.814. The van der Waals surface area contributed by atoms with Crippen molar-refractivity contribution in [3.8, 4) is 5.75 Å². The molecule has 94 valence electrons. The SMILES string of the molecule is NC1CC(c2csc(Br)c2)Oc2ccc(Cl)cc21. The number of thiophene rings is 1. The van der Waals surface area contributed by atoms with Crippen LogP contribution in [-0.2, 0) is 0 Å². The Morgan fingerprint density at radius 1 is 1.39 bits per heavy atom. The molecule has 2 N–H and O–H groups in total. The van der Waals surface area contributed by atoms with Crippen molar-refractivity contribution in [1.82, 2.24) is 0 Å². The minimum atomic E-state index is -0.0314. The Labute approximate surface area is 123 Å². The van der Waals surface area contributed by atoms with E-state index >= 15 is 0 Å². The smallest absolute Gasteiger partial charge is 0.126 e. The van der Waals surface area contributed by atoms with Crippen molar-refractivity contribution in [2.45, 2.75) is 18.6 Å². The van der Waals surface area contributed by atoms with Crippen LogP contribution < -0.4 is 10.5 Å². The van der Waals surface area contributed by atoms with Gasteiger partial charge in [-0.15, -0.1) is 11.3 Å². The van der Waals surface area contributed by atoms with Crippen molar-refractivity contribution in [3.05, 3.63) is 49.6 Å². The fourth-order valence-electron chi connectivity index (χ4n) is 2.17. The van der Waals surface area contributed by atoms with Crippen LogP contribution in [0.15, 0.2) is 33.4 Å². The first-order chi connectivity index (χ1) is 8.63. The van der Waals surface area contributed by atoms with Crippen molar-refractivity contribution in [1.29, 1.82) is 0 Å². The number of fused-ring (bicyclic) bond motifs is 1. The summed E-state index contributed by atoms with van der Waals surface area (Å²) in [5.74, 6) is 0.838. The van der Waals surface area contributed by atoms with E-state index in [9.17, 15) is 0 Å². The molecule has 0 saturated heterocycles. The van der Waals surface area contributed by atoms with Crippen LogP contribution in [0.1, 0.15) is 29.7 Å². The molecule has 1 aliphatic rings. The van der Waals surface area contributed by atoms with E-state index in [1.54, 1.807) is 11.3 Å². The van der Waals surface area contributed by atoms with Gasteiger partial charge in [-0.05, 0) is 45.6 Å². The molecule has 0 radical (unpaired) electrons. The highest BCUT2D eigenvalue weighted by molar-refractivity contribution is 9.11. The molecule has 1 aromatic carbocycles. The van der Waals surface area contributed by atoms with Crippen molar-refractivity contribution in [2.75, 3.05) is 0 Å². The first-order valence-electron chi connectivity index (χ1n) is 5.59. The van der Waals surface area contributed by atoms with Gasteiger partial charge in [-0.1, -0.05) is 11.6 Å². The molecule has 3 rings (SSSR count). The van der Waals surface area contributed by atoms with E-state index in [4.69, 9.17) is 22.1 Å². The summed E-state index contributed by atoms with van der Waals surface area (Å²) >= 11 is 11.1. The van der Waals surface area contributed by atoms with Gasteiger partial charge in [0.1, 0.15) is 11.9 Å². The van der Waals surface area contributed by atoms with Crippen molar-refractivity contribution >= 4 is 38.9 Å². The van der Waals surface area contributed by atoms with Gasteiger partial charge in [-0.3, -0.25) is 0 Å². The van der Waals surface area contributed by atoms with Crippen LogP contribution in [0.4, 0.5) is 0 Å². The lowest BCUT2D eigenvalue weighted by Gasteiger charge is -2.30. The van der Waals surface area contributed by atoms with Gasteiger partial charge in [-0.2, -0.15) is 0 Å². The molecule has 18 heavy (non-hydrogen) atoms. The normalized spacial score (nSPS) is 22.4. The summed E-state index contributed by atoms with van der Waals surface area (Å²) < 4.78 is 7.11. The predicted molar refractivity (Wildman–Crippen MR) is 78.4 cm³/mol. The topological polar surface area (TPSA) is 35.2 Å². The third-order valence-corrected chi connectivity index (χ3v) is 4.83. The number of benzene rings is 1. The number of halogens is 2. The van der Waals surface area contributed by atoms with Crippen molar-refractivity contribution in [3.63, 3.8) is 0 Å². The first kappa shape index (κ1) is 12.5. The molecule has 2 heterocycles. The molecule has 2 nitrogen and oxygen atoms in total. The summed E-state index contributed by atoms with van der Waals surface area (Å²) in [4.78, 5) is 0. The molecule has 2 unspecified atom stereocenters. The maximum atomic E-state index is 6.20. The number of ether oxygens (including phenoxy) is 1. The van der Waals surface area contributed by atoms with Crippen LogP contribution in [0.3, 0.4) is 0 Å². The molecular formula is C13H11BrClNOS. The summed E-state index contributed by atoms with van der Waals surface area (Å²) in [6.45, 7) is 0. The minimum absolute atomic E-state index is 0.0243. The summed E-state index contributed by atoms with van der Waals surface area (Å²) in [6, 6.07) is 7.67. The summed E-state index contributed by atoms with van der Waals surface area (Å²) in [5.41, 5.74) is 8.37.